The zero-order valence-corrected chi connectivity index (χ0v) is 8.32. The van der Waals surface area contributed by atoms with Crippen molar-refractivity contribution in [3.63, 3.8) is 0 Å². The molecule has 0 saturated heterocycles. The molecule has 1 aromatic rings. The van der Waals surface area contributed by atoms with Gasteiger partial charge < -0.3 is 10.4 Å². The lowest BCUT2D eigenvalue weighted by molar-refractivity contribution is 0.0697. The van der Waals surface area contributed by atoms with Crippen molar-refractivity contribution in [1.29, 1.82) is 0 Å². The molecule has 1 unspecified atom stereocenters. The lowest BCUT2D eigenvalue weighted by atomic mass is 10.0. The molecule has 0 bridgehead atoms. The van der Waals surface area contributed by atoms with Crippen LogP contribution in [0.3, 0.4) is 0 Å². The summed E-state index contributed by atoms with van der Waals surface area (Å²) in [5, 5.41) is 16.9. The van der Waals surface area contributed by atoms with Crippen LogP contribution in [0, 0.1) is 0 Å². The molecule has 2 nitrogen and oxygen atoms in total. The molecule has 2 N–H and O–H groups in total. The summed E-state index contributed by atoms with van der Waals surface area (Å²) in [7, 11) is 0. The second kappa shape index (κ2) is 3.92. The fourth-order valence-electron chi connectivity index (χ4n) is 0.783. The molecule has 12 heavy (non-hydrogen) atoms. The van der Waals surface area contributed by atoms with E-state index in [1.165, 1.54) is 0 Å². The fraction of sp³-hybridized carbons (Fsp3) is 0.556. The zero-order chi connectivity index (χ0) is 9.03. The molecule has 0 fully saturated rings. The van der Waals surface area contributed by atoms with Gasteiger partial charge in [-0.1, -0.05) is 6.92 Å². The normalized spacial score (nSPS) is 15.6. The van der Waals surface area contributed by atoms with Crippen molar-refractivity contribution >= 4 is 17.0 Å². The molecule has 0 aliphatic heterocycles. The maximum Gasteiger partial charge on any atom is 0.0788 e. The maximum atomic E-state index is 9.66. The van der Waals surface area contributed by atoms with Crippen LogP contribution in [0.5, 0.6) is 0 Å². The second-order valence-electron chi connectivity index (χ2n) is 3.22. The lowest BCUT2D eigenvalue weighted by Crippen LogP contribution is -2.32. The van der Waals surface area contributed by atoms with Gasteiger partial charge in [-0.3, -0.25) is 0 Å². The summed E-state index contributed by atoms with van der Waals surface area (Å²) in [6.45, 7) is 4.43. The number of thiophene rings is 1. The summed E-state index contributed by atoms with van der Waals surface area (Å²) in [6.07, 6.45) is 0.768. The Balaban J connectivity index is 2.36. The molecule has 1 atom stereocenters. The highest BCUT2D eigenvalue weighted by molar-refractivity contribution is 7.08. The van der Waals surface area contributed by atoms with E-state index in [1.54, 1.807) is 11.3 Å². The maximum absolute atomic E-state index is 9.66. The van der Waals surface area contributed by atoms with Crippen LogP contribution in [0.1, 0.15) is 20.3 Å². The summed E-state index contributed by atoms with van der Waals surface area (Å²) >= 11 is 1.65. The standard InChI is InChI=1S/C9H15NOS/c1-3-9(2,11)7-10-8-4-5-12-6-8/h4-6,10-11H,3,7H2,1-2H3. The molecule has 0 spiro atoms. The van der Waals surface area contributed by atoms with Crippen LogP contribution in [0.4, 0.5) is 5.69 Å². The minimum atomic E-state index is -0.595. The lowest BCUT2D eigenvalue weighted by Gasteiger charge is -2.21. The highest BCUT2D eigenvalue weighted by Gasteiger charge is 2.16. The Bertz CT molecular complexity index is 218. The predicted molar refractivity (Wildman–Crippen MR) is 53.7 cm³/mol. The largest absolute Gasteiger partial charge is 0.388 e. The molecule has 0 aliphatic rings. The van der Waals surface area contributed by atoms with Crippen molar-refractivity contribution < 1.29 is 5.11 Å². The van der Waals surface area contributed by atoms with Crippen molar-refractivity contribution in [3.05, 3.63) is 16.8 Å². The average molecular weight is 185 g/mol. The van der Waals surface area contributed by atoms with E-state index in [9.17, 15) is 5.11 Å². The van der Waals surface area contributed by atoms with Crippen LogP contribution >= 0.6 is 11.3 Å². The number of rotatable bonds is 4. The second-order valence-corrected chi connectivity index (χ2v) is 4.00. The van der Waals surface area contributed by atoms with Crippen molar-refractivity contribution in [2.24, 2.45) is 0 Å². The summed E-state index contributed by atoms with van der Waals surface area (Å²) in [4.78, 5) is 0. The molecule has 0 amide bonds. The van der Waals surface area contributed by atoms with E-state index < -0.39 is 5.60 Å². The Morgan fingerprint density at radius 2 is 2.42 bits per heavy atom. The van der Waals surface area contributed by atoms with Gasteiger partial charge in [-0.2, -0.15) is 11.3 Å². The monoisotopic (exact) mass is 185 g/mol. The SMILES string of the molecule is CCC(C)(O)CNc1ccsc1. The average Bonchev–Trinajstić information content (AvgIpc) is 2.53. The minimum Gasteiger partial charge on any atom is -0.388 e. The molecule has 0 aliphatic carbocycles. The smallest absolute Gasteiger partial charge is 0.0788 e. The molecule has 68 valence electrons. The third kappa shape index (κ3) is 2.83. The summed E-state index contributed by atoms with van der Waals surface area (Å²) in [5.74, 6) is 0. The van der Waals surface area contributed by atoms with Gasteiger partial charge in [0, 0.05) is 17.6 Å². The van der Waals surface area contributed by atoms with Gasteiger partial charge in [-0.15, -0.1) is 0 Å². The van der Waals surface area contributed by atoms with Gasteiger partial charge in [0.1, 0.15) is 0 Å². The zero-order valence-electron chi connectivity index (χ0n) is 7.50. The quantitative estimate of drug-likeness (QED) is 0.754. The van der Waals surface area contributed by atoms with E-state index in [4.69, 9.17) is 0 Å². The molecular formula is C9H15NOS. The molecule has 1 heterocycles. The van der Waals surface area contributed by atoms with E-state index in [1.807, 2.05) is 30.7 Å². The predicted octanol–water partition coefficient (Wildman–Crippen LogP) is 2.32. The number of nitrogens with one attached hydrogen (secondary N) is 1. The van der Waals surface area contributed by atoms with Gasteiger partial charge in [-0.25, -0.2) is 0 Å². The Morgan fingerprint density at radius 3 is 2.92 bits per heavy atom. The summed E-state index contributed by atoms with van der Waals surface area (Å²) < 4.78 is 0. The Morgan fingerprint density at radius 1 is 1.67 bits per heavy atom. The summed E-state index contributed by atoms with van der Waals surface area (Å²) in [6, 6.07) is 2.01. The van der Waals surface area contributed by atoms with Crippen LogP contribution in [-0.2, 0) is 0 Å². The highest BCUT2D eigenvalue weighted by atomic mass is 32.1. The summed E-state index contributed by atoms with van der Waals surface area (Å²) in [5.41, 5.74) is 0.496. The third-order valence-electron chi connectivity index (χ3n) is 1.96. The number of aliphatic hydroxyl groups is 1. The number of anilines is 1. The molecule has 0 saturated carbocycles. The molecule has 0 aromatic carbocycles. The van der Waals surface area contributed by atoms with Gasteiger partial charge in [0.25, 0.3) is 0 Å². The molecule has 1 aromatic heterocycles. The molecule has 1 rings (SSSR count). The first-order chi connectivity index (χ1) is 5.64. The van der Waals surface area contributed by atoms with Crippen LogP contribution in [-0.4, -0.2) is 17.3 Å². The number of hydrogen-bond donors (Lipinski definition) is 2. The molecule has 3 heteroatoms. The first kappa shape index (κ1) is 9.55. The van der Waals surface area contributed by atoms with E-state index in [0.29, 0.717) is 6.54 Å². The first-order valence-corrected chi connectivity index (χ1v) is 5.07. The van der Waals surface area contributed by atoms with Gasteiger partial charge >= 0.3 is 0 Å². The fourth-order valence-corrected chi connectivity index (χ4v) is 1.39. The molecule has 0 radical (unpaired) electrons. The van der Waals surface area contributed by atoms with E-state index in [0.717, 1.165) is 12.1 Å². The molecular weight excluding hydrogens is 170 g/mol. The van der Waals surface area contributed by atoms with E-state index in [-0.39, 0.29) is 0 Å². The van der Waals surface area contributed by atoms with Crippen LogP contribution < -0.4 is 5.32 Å². The number of hydrogen-bond acceptors (Lipinski definition) is 3. The van der Waals surface area contributed by atoms with Gasteiger partial charge in [0.05, 0.1) is 5.60 Å². The third-order valence-corrected chi connectivity index (χ3v) is 2.64. The van der Waals surface area contributed by atoms with Crippen molar-refractivity contribution in [2.75, 3.05) is 11.9 Å². The van der Waals surface area contributed by atoms with Gasteiger partial charge in [0.15, 0.2) is 0 Å². The van der Waals surface area contributed by atoms with Crippen LogP contribution in [0.15, 0.2) is 16.8 Å². The minimum absolute atomic E-state index is 0.595. The van der Waals surface area contributed by atoms with Crippen LogP contribution in [0.25, 0.3) is 0 Å². The Labute approximate surface area is 77.2 Å². The van der Waals surface area contributed by atoms with Crippen molar-refractivity contribution in [2.45, 2.75) is 25.9 Å². The van der Waals surface area contributed by atoms with Gasteiger partial charge in [0.2, 0.25) is 0 Å². The van der Waals surface area contributed by atoms with E-state index >= 15 is 0 Å². The Kier molecular flexibility index (Phi) is 3.12. The van der Waals surface area contributed by atoms with Crippen molar-refractivity contribution in [1.82, 2.24) is 0 Å². The van der Waals surface area contributed by atoms with E-state index in [2.05, 4.69) is 5.32 Å². The van der Waals surface area contributed by atoms with Crippen molar-refractivity contribution in [3.8, 4) is 0 Å². The highest BCUT2D eigenvalue weighted by Crippen LogP contribution is 2.14. The topological polar surface area (TPSA) is 32.3 Å². The first-order valence-electron chi connectivity index (χ1n) is 4.12. The van der Waals surface area contributed by atoms with Crippen LogP contribution in [0.2, 0.25) is 0 Å². The Hall–Kier alpha value is -0.540. The van der Waals surface area contributed by atoms with Gasteiger partial charge in [-0.05, 0) is 24.8 Å².